The number of rotatable bonds is 11. The summed E-state index contributed by atoms with van der Waals surface area (Å²) in [5, 5.41) is 24.4. The SMILES string of the molecule is CC(C)CN(CC(C)C)c1cccc(F)c1[N+](=O)[O-].CC(C)CNCC(C)C.O=[N+]([O-])c1c(F)cccc1F. The van der Waals surface area contributed by atoms with Crippen molar-refractivity contribution >= 4 is 17.1 Å². The Balaban J connectivity index is 0.000000612. The highest BCUT2D eigenvalue weighted by atomic mass is 19.1. The van der Waals surface area contributed by atoms with E-state index in [1.54, 1.807) is 6.07 Å². The van der Waals surface area contributed by atoms with Crippen LogP contribution in [0.15, 0.2) is 36.4 Å². The molecule has 0 saturated carbocycles. The van der Waals surface area contributed by atoms with E-state index in [1.165, 1.54) is 6.07 Å². The minimum atomic E-state index is -1.16. The van der Waals surface area contributed by atoms with Crippen molar-refractivity contribution in [2.75, 3.05) is 31.1 Å². The maximum Gasteiger partial charge on any atom is 0.340 e. The Morgan fingerprint density at radius 1 is 0.667 bits per heavy atom. The van der Waals surface area contributed by atoms with Crippen LogP contribution in [0.1, 0.15) is 55.4 Å². The summed E-state index contributed by atoms with van der Waals surface area (Å²) < 4.78 is 38.5. The molecule has 1 N–H and O–H groups in total. The van der Waals surface area contributed by atoms with Gasteiger partial charge in [-0.1, -0.05) is 67.5 Å². The van der Waals surface area contributed by atoms with Gasteiger partial charge in [0, 0.05) is 13.1 Å². The molecule has 0 unspecified atom stereocenters. The Morgan fingerprint density at radius 3 is 1.33 bits per heavy atom. The van der Waals surface area contributed by atoms with E-state index in [4.69, 9.17) is 0 Å². The van der Waals surface area contributed by atoms with Gasteiger partial charge in [0.1, 0.15) is 5.69 Å². The highest BCUT2D eigenvalue weighted by Gasteiger charge is 2.25. The minimum absolute atomic E-state index is 0.349. The largest absolute Gasteiger partial charge is 0.365 e. The van der Waals surface area contributed by atoms with Gasteiger partial charge in [-0.2, -0.15) is 13.2 Å². The average Bonchev–Trinajstić information content (AvgIpc) is 2.77. The molecule has 2 aromatic rings. The molecule has 0 aliphatic carbocycles. The predicted molar refractivity (Wildman–Crippen MR) is 151 cm³/mol. The lowest BCUT2D eigenvalue weighted by Gasteiger charge is -2.28. The molecule has 0 fully saturated rings. The molecule has 220 valence electrons. The van der Waals surface area contributed by atoms with E-state index in [9.17, 15) is 33.4 Å². The van der Waals surface area contributed by atoms with E-state index < -0.39 is 38.7 Å². The molecule has 0 aliphatic rings. The van der Waals surface area contributed by atoms with Gasteiger partial charge in [-0.25, -0.2) is 0 Å². The number of nitro benzene ring substituents is 2. The first-order chi connectivity index (χ1) is 18.1. The van der Waals surface area contributed by atoms with Crippen molar-refractivity contribution in [3.8, 4) is 0 Å². The highest BCUT2D eigenvalue weighted by molar-refractivity contribution is 5.63. The first-order valence-electron chi connectivity index (χ1n) is 13.0. The number of para-hydroxylation sites is 2. The van der Waals surface area contributed by atoms with Gasteiger partial charge in [0.15, 0.2) is 0 Å². The van der Waals surface area contributed by atoms with Crippen molar-refractivity contribution in [2.45, 2.75) is 55.4 Å². The van der Waals surface area contributed by atoms with E-state index in [1.807, 2.05) is 32.6 Å². The van der Waals surface area contributed by atoms with E-state index in [-0.39, 0.29) is 0 Å². The summed E-state index contributed by atoms with van der Waals surface area (Å²) in [5.41, 5.74) is -1.16. The molecule has 8 nitrogen and oxygen atoms in total. The Labute approximate surface area is 229 Å². The number of benzene rings is 2. The summed E-state index contributed by atoms with van der Waals surface area (Å²) >= 11 is 0. The Morgan fingerprint density at radius 2 is 1.03 bits per heavy atom. The van der Waals surface area contributed by atoms with Crippen LogP contribution in [0.5, 0.6) is 0 Å². The molecule has 2 rings (SSSR count). The standard InChI is InChI=1S/C14H21FN2O2.C8H19N.C6H3F2NO2/c1-10(2)8-16(9-11(3)4)13-7-5-6-12(15)14(13)17(18)19;1-7(2)5-9-6-8(3)4;7-4-2-1-3-5(8)6(4)9(10)11/h5-7,10-11H,8-9H2,1-4H3;7-9H,5-6H2,1-4H3;1-3H. The van der Waals surface area contributed by atoms with Gasteiger partial charge in [-0.3, -0.25) is 20.2 Å². The predicted octanol–water partition coefficient (Wildman–Crippen LogP) is 7.61. The summed E-state index contributed by atoms with van der Waals surface area (Å²) in [4.78, 5) is 21.2. The summed E-state index contributed by atoms with van der Waals surface area (Å²) in [6.45, 7) is 20.7. The van der Waals surface area contributed by atoms with Crippen LogP contribution in [0.4, 0.5) is 30.2 Å². The van der Waals surface area contributed by atoms with Gasteiger partial charge >= 0.3 is 11.4 Å². The highest BCUT2D eigenvalue weighted by Crippen LogP contribution is 2.31. The summed E-state index contributed by atoms with van der Waals surface area (Å²) in [7, 11) is 0. The lowest BCUT2D eigenvalue weighted by atomic mass is 10.1. The molecule has 0 bridgehead atoms. The lowest BCUT2D eigenvalue weighted by molar-refractivity contribution is -0.390. The Hall–Kier alpha value is -3.21. The number of nitrogens with one attached hydrogen (secondary N) is 1. The molecule has 0 heterocycles. The first-order valence-corrected chi connectivity index (χ1v) is 13.0. The van der Waals surface area contributed by atoms with Crippen molar-refractivity contribution in [1.82, 2.24) is 5.32 Å². The molecular formula is C28H43F3N4O4. The van der Waals surface area contributed by atoms with Crippen LogP contribution in [0.25, 0.3) is 0 Å². The fourth-order valence-electron chi connectivity index (χ4n) is 3.42. The molecular weight excluding hydrogens is 513 g/mol. The van der Waals surface area contributed by atoms with Gasteiger partial charge < -0.3 is 10.2 Å². The Kier molecular flexibility index (Phi) is 16.7. The number of hydrogen-bond donors (Lipinski definition) is 1. The smallest absolute Gasteiger partial charge is 0.340 e. The van der Waals surface area contributed by atoms with Crippen LogP contribution in [0.3, 0.4) is 0 Å². The third kappa shape index (κ3) is 14.5. The second kappa shape index (κ2) is 18.1. The molecule has 0 aliphatic heterocycles. The van der Waals surface area contributed by atoms with Crippen molar-refractivity contribution in [2.24, 2.45) is 23.7 Å². The van der Waals surface area contributed by atoms with Crippen molar-refractivity contribution in [1.29, 1.82) is 0 Å². The zero-order valence-electron chi connectivity index (χ0n) is 24.2. The van der Waals surface area contributed by atoms with Gasteiger partial charge in [-0.15, -0.1) is 0 Å². The third-order valence-electron chi connectivity index (χ3n) is 4.89. The van der Waals surface area contributed by atoms with Gasteiger partial charge in [0.05, 0.1) is 9.85 Å². The molecule has 11 heteroatoms. The number of nitrogens with zero attached hydrogens (tertiary/aromatic N) is 3. The molecule has 0 radical (unpaired) electrons. The fraction of sp³-hybridized carbons (Fsp3) is 0.571. The lowest BCUT2D eigenvalue weighted by Crippen LogP contribution is -2.32. The van der Waals surface area contributed by atoms with Crippen LogP contribution in [0.2, 0.25) is 0 Å². The zero-order chi connectivity index (χ0) is 30.3. The Bertz CT molecular complexity index is 996. The van der Waals surface area contributed by atoms with Crippen LogP contribution in [-0.2, 0) is 0 Å². The van der Waals surface area contributed by atoms with Crippen LogP contribution >= 0.6 is 0 Å². The summed E-state index contributed by atoms with van der Waals surface area (Å²) in [6, 6.07) is 7.00. The second-order valence-corrected chi connectivity index (χ2v) is 10.8. The number of anilines is 1. The molecule has 2 aromatic carbocycles. The quantitative estimate of drug-likeness (QED) is 0.226. The third-order valence-corrected chi connectivity index (χ3v) is 4.89. The number of halogens is 3. The van der Waals surface area contributed by atoms with Crippen LogP contribution in [0, 0.1) is 61.4 Å². The summed E-state index contributed by atoms with van der Waals surface area (Å²) in [6.07, 6.45) is 0. The monoisotopic (exact) mass is 556 g/mol. The second-order valence-electron chi connectivity index (χ2n) is 10.8. The fourth-order valence-corrected chi connectivity index (χ4v) is 3.42. The summed E-state index contributed by atoms with van der Waals surface area (Å²) in [5.74, 6) is -0.833. The van der Waals surface area contributed by atoms with Crippen molar-refractivity contribution < 1.29 is 23.0 Å². The zero-order valence-corrected chi connectivity index (χ0v) is 24.2. The molecule has 0 aromatic heterocycles. The van der Waals surface area contributed by atoms with Gasteiger partial charge in [0.25, 0.3) is 0 Å². The van der Waals surface area contributed by atoms with Gasteiger partial charge in [0.2, 0.25) is 17.5 Å². The maximum atomic E-state index is 13.7. The number of hydrogen-bond acceptors (Lipinski definition) is 6. The van der Waals surface area contributed by atoms with E-state index >= 15 is 0 Å². The topological polar surface area (TPSA) is 102 Å². The van der Waals surface area contributed by atoms with Crippen molar-refractivity contribution in [3.05, 3.63) is 74.1 Å². The number of nitro groups is 2. The van der Waals surface area contributed by atoms with E-state index in [0.717, 1.165) is 49.2 Å². The van der Waals surface area contributed by atoms with E-state index in [0.29, 0.717) is 30.6 Å². The van der Waals surface area contributed by atoms with Crippen LogP contribution < -0.4 is 10.2 Å². The molecule has 0 amide bonds. The normalized spacial score (nSPS) is 10.7. The van der Waals surface area contributed by atoms with E-state index in [2.05, 4.69) is 33.0 Å². The molecule has 0 saturated heterocycles. The molecule has 0 spiro atoms. The van der Waals surface area contributed by atoms with Crippen molar-refractivity contribution in [3.63, 3.8) is 0 Å². The molecule has 0 atom stereocenters. The first kappa shape index (κ1) is 35.8. The van der Waals surface area contributed by atoms with Gasteiger partial charge in [-0.05, 0) is 61.0 Å². The van der Waals surface area contributed by atoms with Crippen LogP contribution in [-0.4, -0.2) is 36.0 Å². The maximum absolute atomic E-state index is 13.7. The average molecular weight is 557 g/mol. The molecule has 39 heavy (non-hydrogen) atoms. The minimum Gasteiger partial charge on any atom is -0.365 e.